The molecule has 0 bridgehead atoms. The lowest BCUT2D eigenvalue weighted by atomic mass is 10.0. The first kappa shape index (κ1) is 18.7. The average molecular weight is 380 g/mol. The molecule has 1 fully saturated rings. The van der Waals surface area contributed by atoms with Gasteiger partial charge in [-0.15, -0.1) is 0 Å². The monoisotopic (exact) mass is 379 g/mol. The fourth-order valence-corrected chi connectivity index (χ4v) is 3.21. The number of hydrogen-bond donors (Lipinski definition) is 2. The zero-order valence-electron chi connectivity index (χ0n) is 15.0. The summed E-state index contributed by atoms with van der Waals surface area (Å²) in [6.45, 7) is 5.00. The number of likely N-dealkylation sites (N-methyl/N-ethyl adjacent to an activating group) is 1. The molecule has 0 unspecified atom stereocenters. The SMILES string of the molecule is C[C@H](NC(=O)[C@@H]1CC(c2ccc(Cl)cc2)=NO1)C(=O)N1CC[NH+](C)CC1. The summed E-state index contributed by atoms with van der Waals surface area (Å²) in [4.78, 5) is 33.4. The van der Waals surface area contributed by atoms with Crippen molar-refractivity contribution in [1.29, 1.82) is 0 Å². The minimum absolute atomic E-state index is 0.0531. The van der Waals surface area contributed by atoms with E-state index in [1.54, 1.807) is 19.1 Å². The van der Waals surface area contributed by atoms with Crippen molar-refractivity contribution < 1.29 is 19.3 Å². The Kier molecular flexibility index (Phi) is 5.78. The number of oxime groups is 1. The third-order valence-electron chi connectivity index (χ3n) is 4.80. The van der Waals surface area contributed by atoms with Crippen molar-refractivity contribution >= 4 is 29.1 Å². The lowest BCUT2D eigenvalue weighted by molar-refractivity contribution is -0.883. The molecule has 3 rings (SSSR count). The first-order chi connectivity index (χ1) is 12.4. The molecule has 2 aliphatic heterocycles. The van der Waals surface area contributed by atoms with Gasteiger partial charge < -0.3 is 20.0 Å². The van der Waals surface area contributed by atoms with E-state index >= 15 is 0 Å². The molecule has 0 aliphatic carbocycles. The molecule has 2 atom stereocenters. The van der Waals surface area contributed by atoms with Crippen LogP contribution in [0.1, 0.15) is 18.9 Å². The Morgan fingerprint density at radius 1 is 1.31 bits per heavy atom. The Bertz CT molecular complexity index is 699. The molecule has 2 amide bonds. The summed E-state index contributed by atoms with van der Waals surface area (Å²) in [5.41, 5.74) is 1.57. The molecular formula is C18H24ClN4O3+. The molecule has 2 aliphatic rings. The van der Waals surface area contributed by atoms with Crippen LogP contribution in [0.25, 0.3) is 0 Å². The number of benzene rings is 1. The van der Waals surface area contributed by atoms with Crippen molar-refractivity contribution in [2.75, 3.05) is 33.2 Å². The van der Waals surface area contributed by atoms with Gasteiger partial charge >= 0.3 is 0 Å². The highest BCUT2D eigenvalue weighted by Gasteiger charge is 2.32. The molecule has 7 nitrogen and oxygen atoms in total. The van der Waals surface area contributed by atoms with E-state index in [0.717, 1.165) is 18.7 Å². The van der Waals surface area contributed by atoms with Gasteiger partial charge in [-0.05, 0) is 24.6 Å². The Balaban J connectivity index is 1.51. The van der Waals surface area contributed by atoms with E-state index in [1.807, 2.05) is 17.0 Å². The first-order valence-electron chi connectivity index (χ1n) is 8.83. The number of quaternary nitrogens is 1. The number of nitrogens with zero attached hydrogens (tertiary/aromatic N) is 2. The molecule has 2 N–H and O–H groups in total. The number of amides is 2. The largest absolute Gasteiger partial charge is 0.382 e. The van der Waals surface area contributed by atoms with Gasteiger partial charge in [0.05, 0.1) is 38.9 Å². The Morgan fingerprint density at radius 2 is 1.96 bits per heavy atom. The normalized spacial score (nSPS) is 21.7. The average Bonchev–Trinajstić information content (AvgIpc) is 3.12. The standard InChI is InChI=1S/C18H23ClN4O3/c1-12(18(25)23-9-7-22(2)8-10-23)20-17(24)16-11-15(21-26-16)13-3-5-14(19)6-4-13/h3-6,12,16H,7-11H2,1-2H3,(H,20,24)/p+1/t12-,16-/m0/s1. The second kappa shape index (κ2) is 8.05. The molecular weight excluding hydrogens is 356 g/mol. The quantitative estimate of drug-likeness (QED) is 0.754. The van der Waals surface area contributed by atoms with Crippen LogP contribution in [0, 0.1) is 0 Å². The molecule has 140 valence electrons. The van der Waals surface area contributed by atoms with Gasteiger partial charge in [0.15, 0.2) is 0 Å². The van der Waals surface area contributed by atoms with Gasteiger partial charge in [0.25, 0.3) is 5.91 Å². The van der Waals surface area contributed by atoms with Gasteiger partial charge in [0, 0.05) is 11.4 Å². The predicted molar refractivity (Wildman–Crippen MR) is 98.3 cm³/mol. The second-order valence-electron chi connectivity index (χ2n) is 6.86. The smallest absolute Gasteiger partial charge is 0.264 e. The summed E-state index contributed by atoms with van der Waals surface area (Å²) < 4.78 is 0. The Labute approximate surface area is 157 Å². The molecule has 0 aromatic heterocycles. The predicted octanol–water partition coefficient (Wildman–Crippen LogP) is -0.305. The molecule has 0 saturated carbocycles. The minimum atomic E-state index is -0.715. The van der Waals surface area contributed by atoms with Crippen molar-refractivity contribution in [2.24, 2.45) is 5.16 Å². The zero-order chi connectivity index (χ0) is 18.7. The zero-order valence-corrected chi connectivity index (χ0v) is 15.8. The van der Waals surface area contributed by atoms with Crippen LogP contribution in [-0.2, 0) is 14.4 Å². The number of piperazine rings is 1. The van der Waals surface area contributed by atoms with Gasteiger partial charge in [0.1, 0.15) is 6.04 Å². The number of nitrogens with one attached hydrogen (secondary N) is 2. The van der Waals surface area contributed by atoms with Gasteiger partial charge in [0.2, 0.25) is 12.0 Å². The van der Waals surface area contributed by atoms with Crippen molar-refractivity contribution in [1.82, 2.24) is 10.2 Å². The molecule has 2 heterocycles. The Morgan fingerprint density at radius 3 is 2.62 bits per heavy atom. The van der Waals surface area contributed by atoms with Gasteiger partial charge in [-0.3, -0.25) is 9.59 Å². The van der Waals surface area contributed by atoms with Crippen LogP contribution in [0.4, 0.5) is 0 Å². The lowest BCUT2D eigenvalue weighted by Gasteiger charge is -2.32. The topological polar surface area (TPSA) is 75.4 Å². The molecule has 0 spiro atoms. The molecule has 26 heavy (non-hydrogen) atoms. The van der Waals surface area contributed by atoms with Crippen LogP contribution < -0.4 is 10.2 Å². The van der Waals surface area contributed by atoms with Crippen LogP contribution in [0.3, 0.4) is 0 Å². The molecule has 1 saturated heterocycles. The van der Waals surface area contributed by atoms with Gasteiger partial charge in [-0.25, -0.2) is 0 Å². The summed E-state index contributed by atoms with van der Waals surface area (Å²) in [5, 5.41) is 7.40. The van der Waals surface area contributed by atoms with Gasteiger partial charge in [-0.1, -0.05) is 28.9 Å². The fourth-order valence-electron chi connectivity index (χ4n) is 3.08. The number of carbonyl (C=O) groups excluding carboxylic acids is 2. The molecule has 0 radical (unpaired) electrons. The number of halogens is 1. The second-order valence-corrected chi connectivity index (χ2v) is 7.29. The summed E-state index contributed by atoms with van der Waals surface area (Å²) in [7, 11) is 2.11. The summed E-state index contributed by atoms with van der Waals surface area (Å²) >= 11 is 5.88. The van der Waals surface area contributed by atoms with Crippen LogP contribution in [0.15, 0.2) is 29.4 Å². The molecule has 1 aromatic carbocycles. The van der Waals surface area contributed by atoms with E-state index in [1.165, 1.54) is 4.90 Å². The van der Waals surface area contributed by atoms with E-state index in [2.05, 4.69) is 17.5 Å². The fraction of sp³-hybridized carbons (Fsp3) is 0.500. The van der Waals surface area contributed by atoms with Crippen molar-refractivity contribution in [3.05, 3.63) is 34.9 Å². The number of carbonyl (C=O) groups is 2. The Hall–Kier alpha value is -2.12. The van der Waals surface area contributed by atoms with E-state index in [9.17, 15) is 9.59 Å². The van der Waals surface area contributed by atoms with Crippen molar-refractivity contribution in [2.45, 2.75) is 25.5 Å². The number of rotatable bonds is 4. The maximum absolute atomic E-state index is 12.5. The van der Waals surface area contributed by atoms with E-state index in [0.29, 0.717) is 30.2 Å². The van der Waals surface area contributed by atoms with Crippen LogP contribution in [0.5, 0.6) is 0 Å². The van der Waals surface area contributed by atoms with Crippen LogP contribution >= 0.6 is 11.6 Å². The highest BCUT2D eigenvalue weighted by molar-refractivity contribution is 6.30. The van der Waals surface area contributed by atoms with Gasteiger partial charge in [-0.2, -0.15) is 0 Å². The van der Waals surface area contributed by atoms with Crippen molar-refractivity contribution in [3.8, 4) is 0 Å². The van der Waals surface area contributed by atoms with Crippen LogP contribution in [-0.4, -0.2) is 67.8 Å². The minimum Gasteiger partial charge on any atom is -0.382 e. The lowest BCUT2D eigenvalue weighted by Crippen LogP contribution is -3.12. The first-order valence-corrected chi connectivity index (χ1v) is 9.21. The molecule has 1 aromatic rings. The van der Waals surface area contributed by atoms with E-state index < -0.39 is 12.1 Å². The van der Waals surface area contributed by atoms with Crippen LogP contribution in [0.2, 0.25) is 5.02 Å². The molecule has 8 heteroatoms. The highest BCUT2D eigenvalue weighted by Crippen LogP contribution is 2.19. The third-order valence-corrected chi connectivity index (χ3v) is 5.05. The highest BCUT2D eigenvalue weighted by atomic mass is 35.5. The van der Waals surface area contributed by atoms with Crippen molar-refractivity contribution in [3.63, 3.8) is 0 Å². The maximum atomic E-state index is 12.5. The maximum Gasteiger partial charge on any atom is 0.264 e. The van der Waals surface area contributed by atoms with E-state index in [4.69, 9.17) is 16.4 Å². The third kappa shape index (κ3) is 4.34. The van der Waals surface area contributed by atoms with E-state index in [-0.39, 0.29) is 11.8 Å². The summed E-state index contributed by atoms with van der Waals surface area (Å²) in [5.74, 6) is -0.374. The summed E-state index contributed by atoms with van der Waals surface area (Å²) in [6, 6.07) is 6.64. The summed E-state index contributed by atoms with van der Waals surface area (Å²) in [6.07, 6.45) is -0.348. The number of hydrogen-bond acceptors (Lipinski definition) is 4.